The second-order valence-corrected chi connectivity index (χ2v) is 7.18. The number of fused-ring (bicyclic) bond motifs is 4. The molecule has 0 saturated carbocycles. The molecule has 1 unspecified atom stereocenters. The summed E-state index contributed by atoms with van der Waals surface area (Å²) in [7, 11) is 2.00. The van der Waals surface area contributed by atoms with Crippen molar-refractivity contribution in [2.75, 3.05) is 0 Å². The zero-order chi connectivity index (χ0) is 17.7. The number of carbonyl (C=O) groups excluding carboxylic acids is 1. The van der Waals surface area contributed by atoms with Crippen molar-refractivity contribution in [2.45, 2.75) is 25.3 Å². The molecule has 1 amide bonds. The molecule has 26 heavy (non-hydrogen) atoms. The fourth-order valence-corrected chi connectivity index (χ4v) is 4.20. The number of hydrogen-bond donors (Lipinski definition) is 2. The number of benzene rings is 2. The van der Waals surface area contributed by atoms with Gasteiger partial charge in [0, 0.05) is 40.9 Å². The van der Waals surface area contributed by atoms with Gasteiger partial charge in [0.15, 0.2) is 0 Å². The van der Waals surface area contributed by atoms with Crippen LogP contribution >= 0.6 is 0 Å². The Morgan fingerprint density at radius 3 is 3.00 bits per heavy atom. The number of aromatic nitrogens is 2. The quantitative estimate of drug-likeness (QED) is 0.554. The van der Waals surface area contributed by atoms with Gasteiger partial charge in [0.05, 0.1) is 6.04 Å². The second-order valence-electron chi connectivity index (χ2n) is 7.18. The lowest BCUT2D eigenvalue weighted by Crippen LogP contribution is -2.31. The third-order valence-corrected chi connectivity index (χ3v) is 5.57. The molecule has 2 aromatic heterocycles. The van der Waals surface area contributed by atoms with Crippen LogP contribution in [0.15, 0.2) is 54.7 Å². The van der Waals surface area contributed by atoms with Gasteiger partial charge in [-0.15, -0.1) is 0 Å². The Morgan fingerprint density at radius 2 is 2.08 bits per heavy atom. The number of hydrogen-bond acceptors (Lipinski definition) is 1. The number of para-hydroxylation sites is 1. The van der Waals surface area contributed by atoms with Gasteiger partial charge in [-0.05, 0) is 54.5 Å². The largest absolute Gasteiger partial charge is 0.356 e. The lowest BCUT2D eigenvalue weighted by Gasteiger charge is -2.24. The first kappa shape index (κ1) is 15.3. The molecule has 2 aromatic carbocycles. The first-order valence-electron chi connectivity index (χ1n) is 9.16. The van der Waals surface area contributed by atoms with Gasteiger partial charge in [-0.2, -0.15) is 0 Å². The third kappa shape index (κ3) is 2.33. The topological polar surface area (TPSA) is 49.8 Å². The summed E-state index contributed by atoms with van der Waals surface area (Å²) >= 11 is 0. The van der Waals surface area contributed by atoms with E-state index in [1.54, 1.807) is 0 Å². The summed E-state index contributed by atoms with van der Waals surface area (Å²) in [6.07, 6.45) is 5.15. The number of nitrogens with zero attached hydrogens (tertiary/aromatic N) is 1. The van der Waals surface area contributed by atoms with E-state index in [9.17, 15) is 4.79 Å². The highest BCUT2D eigenvalue weighted by Crippen LogP contribution is 2.34. The number of carbonyl (C=O) groups is 1. The van der Waals surface area contributed by atoms with Crippen molar-refractivity contribution >= 4 is 27.7 Å². The first-order valence-corrected chi connectivity index (χ1v) is 9.16. The van der Waals surface area contributed by atoms with Crippen LogP contribution in [0, 0.1) is 0 Å². The zero-order valence-electron chi connectivity index (χ0n) is 14.8. The van der Waals surface area contributed by atoms with E-state index < -0.39 is 0 Å². The lowest BCUT2D eigenvalue weighted by atomic mass is 9.91. The van der Waals surface area contributed by atoms with E-state index in [0.717, 1.165) is 35.7 Å². The summed E-state index contributed by atoms with van der Waals surface area (Å²) in [5, 5.41) is 5.69. The van der Waals surface area contributed by atoms with Crippen LogP contribution in [0.4, 0.5) is 0 Å². The molecule has 0 saturated heterocycles. The molecule has 4 aromatic rings. The predicted molar refractivity (Wildman–Crippen MR) is 104 cm³/mol. The third-order valence-electron chi connectivity index (χ3n) is 5.57. The fourth-order valence-electron chi connectivity index (χ4n) is 4.20. The molecule has 0 bridgehead atoms. The van der Waals surface area contributed by atoms with Gasteiger partial charge < -0.3 is 14.9 Å². The van der Waals surface area contributed by atoms with Crippen LogP contribution in [0.2, 0.25) is 0 Å². The number of aryl methyl sites for hydroxylation is 2. The van der Waals surface area contributed by atoms with E-state index in [4.69, 9.17) is 0 Å². The minimum Gasteiger partial charge on any atom is -0.356 e. The molecule has 1 aliphatic rings. The van der Waals surface area contributed by atoms with Crippen LogP contribution in [0.25, 0.3) is 21.8 Å². The van der Waals surface area contributed by atoms with Crippen LogP contribution in [0.3, 0.4) is 0 Å². The number of nitrogens with one attached hydrogen (secondary N) is 2. The van der Waals surface area contributed by atoms with Gasteiger partial charge in [-0.3, -0.25) is 4.79 Å². The Kier molecular flexibility index (Phi) is 3.38. The lowest BCUT2D eigenvalue weighted by molar-refractivity contribution is 0.0932. The van der Waals surface area contributed by atoms with Crippen LogP contribution in [-0.4, -0.2) is 15.5 Å². The molecule has 1 atom stereocenters. The molecule has 2 heterocycles. The molecule has 5 rings (SSSR count). The van der Waals surface area contributed by atoms with E-state index in [0.29, 0.717) is 5.56 Å². The fraction of sp³-hybridized carbons (Fsp3) is 0.227. The van der Waals surface area contributed by atoms with Crippen LogP contribution < -0.4 is 5.32 Å². The van der Waals surface area contributed by atoms with E-state index in [1.807, 2.05) is 42.1 Å². The highest BCUT2D eigenvalue weighted by Gasteiger charge is 2.25. The smallest absolute Gasteiger partial charge is 0.251 e. The van der Waals surface area contributed by atoms with Gasteiger partial charge in [-0.1, -0.05) is 24.3 Å². The molecule has 0 spiro atoms. The second kappa shape index (κ2) is 5.77. The minimum atomic E-state index is -0.00962. The Hall–Kier alpha value is -3.01. The maximum absolute atomic E-state index is 12.9. The van der Waals surface area contributed by atoms with Crippen molar-refractivity contribution in [2.24, 2.45) is 7.05 Å². The molecule has 4 nitrogen and oxygen atoms in total. The molecule has 0 radical (unpaired) electrons. The Labute approximate surface area is 151 Å². The average Bonchev–Trinajstić information content (AvgIpc) is 3.23. The first-order chi connectivity index (χ1) is 12.7. The molecule has 4 heteroatoms. The number of amides is 1. The van der Waals surface area contributed by atoms with Crippen molar-refractivity contribution < 1.29 is 4.79 Å². The molecule has 1 aliphatic carbocycles. The Bertz CT molecular complexity index is 1130. The van der Waals surface area contributed by atoms with Crippen LogP contribution in [0.1, 0.15) is 40.5 Å². The van der Waals surface area contributed by atoms with E-state index in [1.165, 1.54) is 16.6 Å². The Balaban J connectivity index is 1.48. The zero-order valence-corrected chi connectivity index (χ0v) is 14.8. The summed E-state index contributed by atoms with van der Waals surface area (Å²) in [5.74, 6) is -0.00962. The van der Waals surface area contributed by atoms with Crippen LogP contribution in [-0.2, 0) is 13.5 Å². The molecule has 0 aliphatic heterocycles. The highest BCUT2D eigenvalue weighted by molar-refractivity contribution is 5.98. The molecular weight excluding hydrogens is 322 g/mol. The van der Waals surface area contributed by atoms with Gasteiger partial charge in [0.2, 0.25) is 0 Å². The van der Waals surface area contributed by atoms with Crippen LogP contribution in [0.5, 0.6) is 0 Å². The van der Waals surface area contributed by atoms with Gasteiger partial charge in [0.1, 0.15) is 0 Å². The summed E-state index contributed by atoms with van der Waals surface area (Å²) in [4.78, 5) is 16.4. The Morgan fingerprint density at radius 1 is 1.19 bits per heavy atom. The van der Waals surface area contributed by atoms with E-state index in [-0.39, 0.29) is 11.9 Å². The highest BCUT2D eigenvalue weighted by atomic mass is 16.1. The predicted octanol–water partition coefficient (Wildman–Crippen LogP) is 4.47. The van der Waals surface area contributed by atoms with Crippen molar-refractivity contribution in [1.29, 1.82) is 0 Å². The molecule has 2 N–H and O–H groups in total. The number of H-pyrrole nitrogens is 1. The summed E-state index contributed by atoms with van der Waals surface area (Å²) < 4.78 is 2.04. The van der Waals surface area contributed by atoms with Crippen molar-refractivity contribution in [3.8, 4) is 0 Å². The summed E-state index contributed by atoms with van der Waals surface area (Å²) in [6, 6.07) is 16.4. The molecular formula is C22H21N3O. The number of rotatable bonds is 2. The number of aromatic amines is 1. The normalized spacial score (nSPS) is 16.7. The maximum atomic E-state index is 12.9. The van der Waals surface area contributed by atoms with Crippen molar-refractivity contribution in [1.82, 2.24) is 14.9 Å². The molecule has 0 fully saturated rings. The van der Waals surface area contributed by atoms with Gasteiger partial charge >= 0.3 is 0 Å². The van der Waals surface area contributed by atoms with E-state index >= 15 is 0 Å². The standard InChI is InChI=1S/C22H21N3O/c1-25-12-11-14-9-10-15(13-20(14)25)22(26)24-19-8-4-6-17-16-5-2-3-7-18(16)23-21(17)19/h2-3,5,7,9-13,19,23H,4,6,8H2,1H3,(H,24,26). The van der Waals surface area contributed by atoms with Crippen molar-refractivity contribution in [3.63, 3.8) is 0 Å². The average molecular weight is 343 g/mol. The molecule has 130 valence electrons. The summed E-state index contributed by atoms with van der Waals surface area (Å²) in [6.45, 7) is 0. The maximum Gasteiger partial charge on any atom is 0.251 e. The van der Waals surface area contributed by atoms with Gasteiger partial charge in [0.25, 0.3) is 5.91 Å². The summed E-state index contributed by atoms with van der Waals surface area (Å²) in [5.41, 5.74) is 5.47. The minimum absolute atomic E-state index is 0.00962. The van der Waals surface area contributed by atoms with E-state index in [2.05, 4.69) is 34.6 Å². The monoisotopic (exact) mass is 343 g/mol. The van der Waals surface area contributed by atoms with Crippen molar-refractivity contribution in [3.05, 3.63) is 71.5 Å². The van der Waals surface area contributed by atoms with Gasteiger partial charge in [-0.25, -0.2) is 0 Å². The SMILES string of the molecule is Cn1ccc2ccc(C(=O)NC3CCCc4c3[nH]c3ccccc43)cc21.